The zero-order valence-corrected chi connectivity index (χ0v) is 9.60. The number of hydrogen-bond donors (Lipinski definition) is 2. The fourth-order valence-electron chi connectivity index (χ4n) is 1.28. The summed E-state index contributed by atoms with van der Waals surface area (Å²) in [5.74, 6) is -0.197. The molecule has 0 atom stereocenters. The van der Waals surface area contributed by atoms with Crippen molar-refractivity contribution in [2.45, 2.75) is 39.7 Å². The van der Waals surface area contributed by atoms with E-state index < -0.39 is 0 Å². The highest BCUT2D eigenvalue weighted by Crippen LogP contribution is 2.29. The molecule has 2 rings (SSSR count). The maximum absolute atomic E-state index is 13.1. The second kappa shape index (κ2) is 5.01. The van der Waals surface area contributed by atoms with E-state index in [4.69, 9.17) is 5.73 Å². The molecule has 0 bridgehead atoms. The zero-order valence-electron chi connectivity index (χ0n) is 9.60. The Morgan fingerprint density at radius 2 is 1.93 bits per heavy atom. The van der Waals surface area contributed by atoms with Gasteiger partial charge in [0.15, 0.2) is 0 Å². The average molecular weight is 210 g/mol. The van der Waals surface area contributed by atoms with Crippen molar-refractivity contribution in [3.8, 4) is 0 Å². The minimum atomic E-state index is -0.197. The van der Waals surface area contributed by atoms with E-state index in [-0.39, 0.29) is 5.82 Å². The van der Waals surface area contributed by atoms with E-state index in [1.54, 1.807) is 13.0 Å². The molecule has 0 saturated heterocycles. The molecule has 0 amide bonds. The zero-order chi connectivity index (χ0) is 11.4. The summed E-state index contributed by atoms with van der Waals surface area (Å²) in [6, 6.07) is 3.65. The summed E-state index contributed by atoms with van der Waals surface area (Å²) in [5.41, 5.74) is 7.69. The SMILES string of the molecule is CC.Cc1cc(N)c(NC2CC2)cc1F. The molecule has 0 radical (unpaired) electrons. The van der Waals surface area contributed by atoms with E-state index in [0.717, 1.165) is 18.5 Å². The van der Waals surface area contributed by atoms with Gasteiger partial charge in [0, 0.05) is 6.04 Å². The molecule has 1 saturated carbocycles. The number of nitrogens with one attached hydrogen (secondary N) is 1. The summed E-state index contributed by atoms with van der Waals surface area (Å²) >= 11 is 0. The first-order valence-corrected chi connectivity index (χ1v) is 5.49. The Bertz CT molecular complexity index is 333. The highest BCUT2D eigenvalue weighted by Gasteiger charge is 2.21. The molecule has 1 aromatic carbocycles. The average Bonchev–Trinajstić information content (AvgIpc) is 3.01. The van der Waals surface area contributed by atoms with Crippen molar-refractivity contribution in [1.29, 1.82) is 0 Å². The minimum Gasteiger partial charge on any atom is -0.397 e. The number of rotatable bonds is 2. The Balaban J connectivity index is 0.000000531. The molecule has 0 aromatic heterocycles. The monoisotopic (exact) mass is 210 g/mol. The standard InChI is InChI=1S/C10H13FN2.C2H6/c1-6-4-9(12)10(5-8(6)11)13-7-2-3-7;1-2/h4-5,7,13H,2-3,12H2,1H3;1-2H3. The molecule has 0 unspecified atom stereocenters. The van der Waals surface area contributed by atoms with Crippen molar-refractivity contribution in [1.82, 2.24) is 0 Å². The lowest BCUT2D eigenvalue weighted by Crippen LogP contribution is -2.05. The van der Waals surface area contributed by atoms with Crippen LogP contribution in [0.25, 0.3) is 0 Å². The molecule has 84 valence electrons. The summed E-state index contributed by atoms with van der Waals surface area (Å²) < 4.78 is 13.1. The van der Waals surface area contributed by atoms with Gasteiger partial charge in [-0.15, -0.1) is 0 Å². The number of hydrogen-bond acceptors (Lipinski definition) is 2. The van der Waals surface area contributed by atoms with Crippen molar-refractivity contribution in [3.63, 3.8) is 0 Å². The van der Waals surface area contributed by atoms with Gasteiger partial charge >= 0.3 is 0 Å². The lowest BCUT2D eigenvalue weighted by atomic mass is 10.2. The predicted molar refractivity (Wildman–Crippen MR) is 63.5 cm³/mol. The van der Waals surface area contributed by atoms with Crippen LogP contribution in [0.2, 0.25) is 0 Å². The van der Waals surface area contributed by atoms with Crippen molar-refractivity contribution >= 4 is 11.4 Å². The maximum atomic E-state index is 13.1. The van der Waals surface area contributed by atoms with Crippen LogP contribution in [0.1, 0.15) is 32.3 Å². The molecule has 15 heavy (non-hydrogen) atoms. The van der Waals surface area contributed by atoms with E-state index in [1.807, 2.05) is 13.8 Å². The summed E-state index contributed by atoms with van der Waals surface area (Å²) in [5, 5.41) is 3.19. The summed E-state index contributed by atoms with van der Waals surface area (Å²) in [7, 11) is 0. The van der Waals surface area contributed by atoms with Gasteiger partial charge in [0.1, 0.15) is 5.82 Å². The molecular formula is C12H19FN2. The third kappa shape index (κ3) is 3.11. The Labute approximate surface area is 90.7 Å². The fraction of sp³-hybridized carbons (Fsp3) is 0.500. The largest absolute Gasteiger partial charge is 0.397 e. The van der Waals surface area contributed by atoms with Gasteiger partial charge in [-0.3, -0.25) is 0 Å². The summed E-state index contributed by atoms with van der Waals surface area (Å²) in [6.45, 7) is 5.71. The number of anilines is 2. The van der Waals surface area contributed by atoms with Gasteiger partial charge in [0.2, 0.25) is 0 Å². The Kier molecular flexibility index (Phi) is 3.95. The molecular weight excluding hydrogens is 191 g/mol. The highest BCUT2D eigenvalue weighted by atomic mass is 19.1. The summed E-state index contributed by atoms with van der Waals surface area (Å²) in [4.78, 5) is 0. The quantitative estimate of drug-likeness (QED) is 0.735. The first kappa shape index (κ1) is 11.8. The van der Waals surface area contributed by atoms with Crippen LogP contribution in [0.15, 0.2) is 12.1 Å². The Morgan fingerprint density at radius 1 is 1.33 bits per heavy atom. The van der Waals surface area contributed by atoms with Crippen LogP contribution in [0.4, 0.5) is 15.8 Å². The smallest absolute Gasteiger partial charge is 0.128 e. The van der Waals surface area contributed by atoms with Crippen LogP contribution < -0.4 is 11.1 Å². The summed E-state index contributed by atoms with van der Waals surface area (Å²) in [6.07, 6.45) is 2.32. The fourth-order valence-corrected chi connectivity index (χ4v) is 1.28. The number of nitrogen functional groups attached to an aromatic ring is 1. The van der Waals surface area contributed by atoms with Gasteiger partial charge < -0.3 is 11.1 Å². The minimum absolute atomic E-state index is 0.197. The lowest BCUT2D eigenvalue weighted by molar-refractivity contribution is 0.619. The van der Waals surface area contributed by atoms with Gasteiger partial charge in [-0.2, -0.15) is 0 Å². The number of benzene rings is 1. The topological polar surface area (TPSA) is 38.0 Å². The molecule has 1 fully saturated rings. The van der Waals surface area contributed by atoms with E-state index in [0.29, 0.717) is 17.3 Å². The maximum Gasteiger partial charge on any atom is 0.128 e. The lowest BCUT2D eigenvalue weighted by Gasteiger charge is -2.09. The van der Waals surface area contributed by atoms with Crippen LogP contribution in [-0.4, -0.2) is 6.04 Å². The van der Waals surface area contributed by atoms with Gasteiger partial charge in [-0.25, -0.2) is 4.39 Å². The molecule has 0 heterocycles. The van der Waals surface area contributed by atoms with Crippen LogP contribution in [0.5, 0.6) is 0 Å². The van der Waals surface area contributed by atoms with Crippen LogP contribution in [0, 0.1) is 12.7 Å². The van der Waals surface area contributed by atoms with E-state index in [1.165, 1.54) is 6.07 Å². The molecule has 1 aliphatic rings. The molecule has 0 aliphatic heterocycles. The third-order valence-electron chi connectivity index (χ3n) is 2.27. The Morgan fingerprint density at radius 3 is 2.47 bits per heavy atom. The van der Waals surface area contributed by atoms with Crippen molar-refractivity contribution < 1.29 is 4.39 Å². The molecule has 3 heteroatoms. The molecule has 1 aromatic rings. The van der Waals surface area contributed by atoms with Gasteiger partial charge in [0.05, 0.1) is 11.4 Å². The normalized spacial score (nSPS) is 14.1. The van der Waals surface area contributed by atoms with Crippen molar-refractivity contribution in [3.05, 3.63) is 23.5 Å². The van der Waals surface area contributed by atoms with E-state index >= 15 is 0 Å². The Hall–Kier alpha value is -1.25. The van der Waals surface area contributed by atoms with Gasteiger partial charge in [-0.1, -0.05) is 13.8 Å². The van der Waals surface area contributed by atoms with Crippen LogP contribution >= 0.6 is 0 Å². The molecule has 3 N–H and O–H groups in total. The predicted octanol–water partition coefficient (Wildman–Crippen LogP) is 3.32. The molecule has 2 nitrogen and oxygen atoms in total. The van der Waals surface area contributed by atoms with Crippen LogP contribution in [-0.2, 0) is 0 Å². The van der Waals surface area contributed by atoms with Crippen molar-refractivity contribution in [2.75, 3.05) is 11.1 Å². The van der Waals surface area contributed by atoms with Gasteiger partial charge in [0.25, 0.3) is 0 Å². The van der Waals surface area contributed by atoms with E-state index in [2.05, 4.69) is 5.32 Å². The number of halogens is 1. The molecule has 1 aliphatic carbocycles. The third-order valence-corrected chi connectivity index (χ3v) is 2.27. The number of aryl methyl sites for hydroxylation is 1. The molecule has 0 spiro atoms. The second-order valence-electron chi connectivity index (χ2n) is 3.61. The first-order valence-electron chi connectivity index (χ1n) is 5.49. The highest BCUT2D eigenvalue weighted by molar-refractivity contribution is 5.67. The van der Waals surface area contributed by atoms with Crippen LogP contribution in [0.3, 0.4) is 0 Å². The van der Waals surface area contributed by atoms with Gasteiger partial charge in [-0.05, 0) is 37.5 Å². The van der Waals surface area contributed by atoms with E-state index in [9.17, 15) is 4.39 Å². The second-order valence-corrected chi connectivity index (χ2v) is 3.61. The van der Waals surface area contributed by atoms with Crippen molar-refractivity contribution in [2.24, 2.45) is 0 Å². The number of nitrogens with two attached hydrogens (primary N) is 1. The first-order chi connectivity index (χ1) is 7.16.